The van der Waals surface area contributed by atoms with Gasteiger partial charge in [-0.2, -0.15) is 11.8 Å². The van der Waals surface area contributed by atoms with E-state index in [0.29, 0.717) is 10.7 Å². The first kappa shape index (κ1) is 20.3. The van der Waals surface area contributed by atoms with Crippen molar-refractivity contribution in [3.63, 3.8) is 0 Å². The van der Waals surface area contributed by atoms with Crippen LogP contribution >= 0.6 is 24.0 Å². The first-order valence-corrected chi connectivity index (χ1v) is 10.0. The van der Waals surface area contributed by atoms with E-state index in [2.05, 4.69) is 41.8 Å². The molecular formula is C20H25N3OS2. The quantitative estimate of drug-likeness (QED) is 0.557. The number of carbonyl (C=O) groups is 1. The number of benzene rings is 2. The molecule has 0 fully saturated rings. The second-order valence-electron chi connectivity index (χ2n) is 6.14. The van der Waals surface area contributed by atoms with E-state index in [1.165, 1.54) is 11.1 Å². The maximum absolute atomic E-state index is 11.9. The molecule has 0 aliphatic carbocycles. The standard InChI is InChI=1S/C20H25N3OS2/c1-15-6-4-5-7-17(15)14-26-13-12-21-20(25)22-18-10-8-16(9-11-18)19(24)23(2)3/h4-11H,12-14H2,1-3H3,(H2,21,22,25). The molecule has 0 bridgehead atoms. The summed E-state index contributed by atoms with van der Waals surface area (Å²) in [6.07, 6.45) is 0. The third-order valence-electron chi connectivity index (χ3n) is 3.85. The van der Waals surface area contributed by atoms with Gasteiger partial charge in [0.1, 0.15) is 0 Å². The van der Waals surface area contributed by atoms with Crippen molar-refractivity contribution in [2.45, 2.75) is 12.7 Å². The van der Waals surface area contributed by atoms with Gasteiger partial charge in [0.2, 0.25) is 0 Å². The van der Waals surface area contributed by atoms with E-state index >= 15 is 0 Å². The maximum atomic E-state index is 11.9. The fraction of sp³-hybridized carbons (Fsp3) is 0.300. The van der Waals surface area contributed by atoms with Gasteiger partial charge >= 0.3 is 0 Å². The van der Waals surface area contributed by atoms with Crippen LogP contribution < -0.4 is 10.6 Å². The number of hydrogen-bond acceptors (Lipinski definition) is 3. The Hall–Kier alpha value is -2.05. The van der Waals surface area contributed by atoms with Gasteiger partial charge in [-0.15, -0.1) is 0 Å². The minimum Gasteiger partial charge on any atom is -0.362 e. The third kappa shape index (κ3) is 6.35. The molecule has 0 aromatic heterocycles. The second-order valence-corrected chi connectivity index (χ2v) is 7.65. The summed E-state index contributed by atoms with van der Waals surface area (Å²) in [5.74, 6) is 1.98. The lowest BCUT2D eigenvalue weighted by molar-refractivity contribution is 0.0827. The first-order chi connectivity index (χ1) is 12.5. The average Bonchev–Trinajstić information content (AvgIpc) is 2.63. The van der Waals surface area contributed by atoms with Crippen molar-refractivity contribution in [2.75, 3.05) is 31.7 Å². The van der Waals surface area contributed by atoms with Crippen LogP contribution in [0.2, 0.25) is 0 Å². The molecule has 0 heterocycles. The summed E-state index contributed by atoms with van der Waals surface area (Å²) < 4.78 is 0. The van der Waals surface area contributed by atoms with Gasteiger partial charge in [0, 0.05) is 43.4 Å². The molecule has 0 aliphatic heterocycles. The number of amides is 1. The molecule has 0 radical (unpaired) electrons. The zero-order chi connectivity index (χ0) is 18.9. The number of nitrogens with one attached hydrogen (secondary N) is 2. The SMILES string of the molecule is Cc1ccccc1CSCCNC(=S)Nc1ccc(C(=O)N(C)C)cc1. The Kier molecular flexibility index (Phi) is 7.94. The molecule has 2 N–H and O–H groups in total. The molecule has 0 atom stereocenters. The molecule has 6 heteroatoms. The van der Waals surface area contributed by atoms with E-state index in [9.17, 15) is 4.79 Å². The van der Waals surface area contributed by atoms with Crippen molar-refractivity contribution in [1.29, 1.82) is 0 Å². The van der Waals surface area contributed by atoms with E-state index < -0.39 is 0 Å². The number of aryl methyl sites for hydroxylation is 1. The van der Waals surface area contributed by atoms with Gasteiger partial charge in [-0.05, 0) is 54.5 Å². The predicted octanol–water partition coefficient (Wildman–Crippen LogP) is 3.92. The van der Waals surface area contributed by atoms with Gasteiger partial charge in [-0.3, -0.25) is 4.79 Å². The highest BCUT2D eigenvalue weighted by Crippen LogP contribution is 2.15. The zero-order valence-electron chi connectivity index (χ0n) is 15.4. The number of nitrogens with zero attached hydrogens (tertiary/aromatic N) is 1. The molecule has 4 nitrogen and oxygen atoms in total. The van der Waals surface area contributed by atoms with E-state index in [1.54, 1.807) is 31.1 Å². The minimum atomic E-state index is -0.0112. The van der Waals surface area contributed by atoms with Crippen LogP contribution in [0.5, 0.6) is 0 Å². The average molecular weight is 388 g/mol. The number of rotatable bonds is 7. The van der Waals surface area contributed by atoms with Crippen molar-refractivity contribution in [3.05, 3.63) is 65.2 Å². The second kappa shape index (κ2) is 10.2. The van der Waals surface area contributed by atoms with Gasteiger partial charge in [-0.1, -0.05) is 24.3 Å². The van der Waals surface area contributed by atoms with E-state index in [0.717, 1.165) is 23.7 Å². The molecule has 138 valence electrons. The van der Waals surface area contributed by atoms with E-state index in [-0.39, 0.29) is 5.91 Å². The summed E-state index contributed by atoms with van der Waals surface area (Å²) in [6, 6.07) is 15.8. The molecule has 0 unspecified atom stereocenters. The fourth-order valence-corrected chi connectivity index (χ4v) is 3.47. The van der Waals surface area contributed by atoms with Crippen LogP contribution in [-0.4, -0.2) is 42.3 Å². The summed E-state index contributed by atoms with van der Waals surface area (Å²) >= 11 is 7.20. The molecule has 0 saturated carbocycles. The lowest BCUT2D eigenvalue weighted by Gasteiger charge is -2.12. The number of hydrogen-bond donors (Lipinski definition) is 2. The molecule has 0 spiro atoms. The van der Waals surface area contributed by atoms with Crippen LogP contribution in [0.25, 0.3) is 0 Å². The number of anilines is 1. The summed E-state index contributed by atoms with van der Waals surface area (Å²) in [4.78, 5) is 13.4. The molecule has 2 aromatic carbocycles. The van der Waals surface area contributed by atoms with E-state index in [4.69, 9.17) is 12.2 Å². The summed E-state index contributed by atoms with van der Waals surface area (Å²) in [5.41, 5.74) is 4.24. The van der Waals surface area contributed by atoms with Crippen LogP contribution in [0.1, 0.15) is 21.5 Å². The van der Waals surface area contributed by atoms with Crippen LogP contribution in [0.4, 0.5) is 5.69 Å². The van der Waals surface area contributed by atoms with Crippen LogP contribution in [0.3, 0.4) is 0 Å². The normalized spacial score (nSPS) is 10.3. The molecule has 2 aromatic rings. The van der Waals surface area contributed by atoms with Crippen molar-refractivity contribution < 1.29 is 4.79 Å². The van der Waals surface area contributed by atoms with Crippen molar-refractivity contribution >= 4 is 40.7 Å². The summed E-state index contributed by atoms with van der Waals surface area (Å²) in [6.45, 7) is 2.95. The van der Waals surface area contributed by atoms with Gasteiger partial charge < -0.3 is 15.5 Å². The van der Waals surface area contributed by atoms with Gasteiger partial charge in [0.15, 0.2) is 5.11 Å². The van der Waals surface area contributed by atoms with Crippen LogP contribution in [0.15, 0.2) is 48.5 Å². The topological polar surface area (TPSA) is 44.4 Å². The minimum absolute atomic E-state index is 0.0112. The molecule has 0 aliphatic rings. The highest BCUT2D eigenvalue weighted by Gasteiger charge is 2.07. The Morgan fingerprint density at radius 1 is 1.12 bits per heavy atom. The summed E-state index contributed by atoms with van der Waals surface area (Å²) in [7, 11) is 3.48. The first-order valence-electron chi connectivity index (χ1n) is 8.46. The summed E-state index contributed by atoms with van der Waals surface area (Å²) in [5, 5.41) is 6.94. The molecule has 26 heavy (non-hydrogen) atoms. The van der Waals surface area contributed by atoms with Crippen molar-refractivity contribution in [2.24, 2.45) is 0 Å². The van der Waals surface area contributed by atoms with Crippen LogP contribution in [0, 0.1) is 6.92 Å². The predicted molar refractivity (Wildman–Crippen MR) is 116 cm³/mol. The fourth-order valence-electron chi connectivity index (χ4n) is 2.32. The molecular weight excluding hydrogens is 362 g/mol. The van der Waals surface area contributed by atoms with Gasteiger partial charge in [-0.25, -0.2) is 0 Å². The zero-order valence-corrected chi connectivity index (χ0v) is 17.0. The lowest BCUT2D eigenvalue weighted by Crippen LogP contribution is -2.30. The largest absolute Gasteiger partial charge is 0.362 e. The van der Waals surface area contributed by atoms with Crippen molar-refractivity contribution in [3.8, 4) is 0 Å². The Labute approximate surface area is 165 Å². The van der Waals surface area contributed by atoms with Crippen molar-refractivity contribution in [1.82, 2.24) is 10.2 Å². The monoisotopic (exact) mass is 387 g/mol. The molecule has 2 rings (SSSR count). The Bertz CT molecular complexity index is 745. The van der Waals surface area contributed by atoms with Gasteiger partial charge in [0.05, 0.1) is 0 Å². The van der Waals surface area contributed by atoms with E-state index in [1.807, 2.05) is 23.9 Å². The highest BCUT2D eigenvalue weighted by molar-refractivity contribution is 7.98. The van der Waals surface area contributed by atoms with Gasteiger partial charge in [0.25, 0.3) is 5.91 Å². The molecule has 0 saturated heterocycles. The highest BCUT2D eigenvalue weighted by atomic mass is 32.2. The smallest absolute Gasteiger partial charge is 0.253 e. The number of thioether (sulfide) groups is 1. The Morgan fingerprint density at radius 2 is 1.81 bits per heavy atom. The molecule has 1 amide bonds. The lowest BCUT2D eigenvalue weighted by atomic mass is 10.1. The third-order valence-corrected chi connectivity index (χ3v) is 5.10. The number of carbonyl (C=O) groups excluding carboxylic acids is 1. The Balaban J connectivity index is 1.69. The number of thiocarbonyl (C=S) groups is 1. The van der Waals surface area contributed by atoms with Crippen LogP contribution in [-0.2, 0) is 5.75 Å². The maximum Gasteiger partial charge on any atom is 0.253 e. The Morgan fingerprint density at radius 3 is 2.46 bits per heavy atom.